The van der Waals surface area contributed by atoms with Gasteiger partial charge in [0.15, 0.2) is 0 Å². The highest BCUT2D eigenvalue weighted by Gasteiger charge is 2.49. The summed E-state index contributed by atoms with van der Waals surface area (Å²) in [7, 11) is 0. The summed E-state index contributed by atoms with van der Waals surface area (Å²) in [5.41, 5.74) is -3.19. The molecule has 1 atom stereocenters. The molecule has 0 aromatic rings. The van der Waals surface area contributed by atoms with Crippen LogP contribution in [0.2, 0.25) is 0 Å². The van der Waals surface area contributed by atoms with E-state index in [-0.39, 0.29) is 12.5 Å². The second-order valence-corrected chi connectivity index (χ2v) is 3.70. The Morgan fingerprint density at radius 2 is 2.00 bits per heavy atom. The average molecular weight is 220 g/mol. The van der Waals surface area contributed by atoms with E-state index in [2.05, 4.69) is 0 Å². The van der Waals surface area contributed by atoms with Crippen molar-refractivity contribution in [1.82, 2.24) is 0 Å². The highest BCUT2D eigenvalue weighted by molar-refractivity contribution is 6.01. The molecule has 6 heteroatoms. The number of ether oxygens (including phenoxy) is 1. The average Bonchev–Trinajstić information content (AvgIpc) is 2.18. The third-order valence-electron chi connectivity index (χ3n) is 2.50. The first-order valence-electron chi connectivity index (χ1n) is 4.70. The van der Waals surface area contributed by atoms with Crippen LogP contribution in [0.15, 0.2) is 0 Å². The van der Waals surface area contributed by atoms with Gasteiger partial charge in [-0.2, -0.15) is 0 Å². The Bertz CT molecular complexity index is 245. The first-order valence-corrected chi connectivity index (χ1v) is 4.70. The predicted molar refractivity (Wildman–Crippen MR) is 47.3 cm³/mol. The lowest BCUT2D eigenvalue weighted by Gasteiger charge is -2.26. The molecule has 0 aromatic heterocycles. The molecule has 1 aliphatic heterocycles. The molecule has 1 rings (SSSR count). The van der Waals surface area contributed by atoms with Gasteiger partial charge >= 0.3 is 17.6 Å². The van der Waals surface area contributed by atoms with Crippen molar-refractivity contribution in [3.05, 3.63) is 0 Å². The maximum atomic E-state index is 13.6. The fourth-order valence-electron chi connectivity index (χ4n) is 1.63. The van der Waals surface area contributed by atoms with Crippen molar-refractivity contribution in [3.63, 3.8) is 0 Å². The zero-order valence-corrected chi connectivity index (χ0v) is 8.11. The van der Waals surface area contributed by atoms with Gasteiger partial charge in [0.05, 0.1) is 0 Å². The molecule has 0 saturated carbocycles. The number of halogens is 1. The molecule has 0 spiro atoms. The summed E-state index contributed by atoms with van der Waals surface area (Å²) in [5.74, 6) is -4.22. The molecule has 0 aliphatic carbocycles. The second-order valence-electron chi connectivity index (χ2n) is 3.70. The summed E-state index contributed by atoms with van der Waals surface area (Å²) >= 11 is 0. The molecule has 0 aromatic carbocycles. The van der Waals surface area contributed by atoms with E-state index in [1.54, 1.807) is 0 Å². The minimum atomic E-state index is -3.19. The SMILES string of the molecule is O=C(O)C(F)(C[C@@H]1CCCOC1)C(=O)O. The highest BCUT2D eigenvalue weighted by Crippen LogP contribution is 2.27. The summed E-state index contributed by atoms with van der Waals surface area (Å²) in [6, 6.07) is 0. The van der Waals surface area contributed by atoms with Crippen LogP contribution in [0, 0.1) is 5.92 Å². The number of rotatable bonds is 4. The van der Waals surface area contributed by atoms with Gasteiger partial charge < -0.3 is 14.9 Å². The first-order chi connectivity index (χ1) is 6.97. The van der Waals surface area contributed by atoms with E-state index in [9.17, 15) is 14.0 Å². The number of aliphatic carboxylic acids is 2. The lowest BCUT2D eigenvalue weighted by atomic mass is 9.88. The molecule has 1 saturated heterocycles. The third kappa shape index (κ3) is 2.65. The lowest BCUT2D eigenvalue weighted by molar-refractivity contribution is -0.169. The van der Waals surface area contributed by atoms with Crippen LogP contribution in [-0.4, -0.2) is 41.0 Å². The Labute approximate surface area is 85.8 Å². The minimum Gasteiger partial charge on any atom is -0.478 e. The standard InChI is InChI=1S/C9H13FO5/c10-9(7(11)12,8(13)14)4-6-2-1-3-15-5-6/h6H,1-5H2,(H,11,12)(H,13,14)/t6-/m0/s1. The Kier molecular flexibility index (Phi) is 3.62. The van der Waals surface area contributed by atoms with Crippen LogP contribution in [0.3, 0.4) is 0 Å². The van der Waals surface area contributed by atoms with Crippen molar-refractivity contribution in [2.24, 2.45) is 5.92 Å². The van der Waals surface area contributed by atoms with Crippen LogP contribution in [-0.2, 0) is 14.3 Å². The van der Waals surface area contributed by atoms with E-state index >= 15 is 0 Å². The number of carboxylic acids is 2. The summed E-state index contributed by atoms with van der Waals surface area (Å²) in [4.78, 5) is 21.1. The van der Waals surface area contributed by atoms with Crippen LogP contribution in [0.1, 0.15) is 19.3 Å². The second kappa shape index (κ2) is 4.57. The molecular weight excluding hydrogens is 207 g/mol. The number of hydrogen-bond donors (Lipinski definition) is 2. The predicted octanol–water partition coefficient (Wildman–Crippen LogP) is 0.681. The van der Waals surface area contributed by atoms with Crippen molar-refractivity contribution < 1.29 is 28.9 Å². The van der Waals surface area contributed by atoms with E-state index in [1.807, 2.05) is 0 Å². The maximum Gasteiger partial charge on any atom is 0.353 e. The van der Waals surface area contributed by atoms with Crippen LogP contribution in [0.5, 0.6) is 0 Å². The molecule has 0 amide bonds. The van der Waals surface area contributed by atoms with Crippen LogP contribution in [0.4, 0.5) is 4.39 Å². The van der Waals surface area contributed by atoms with Gasteiger partial charge in [-0.3, -0.25) is 0 Å². The third-order valence-corrected chi connectivity index (χ3v) is 2.50. The molecule has 86 valence electrons. The number of hydrogen-bond acceptors (Lipinski definition) is 3. The number of carbonyl (C=O) groups is 2. The van der Waals surface area contributed by atoms with Gasteiger partial charge in [-0.25, -0.2) is 14.0 Å². The van der Waals surface area contributed by atoms with E-state index in [0.29, 0.717) is 19.4 Å². The zero-order valence-electron chi connectivity index (χ0n) is 8.11. The highest BCUT2D eigenvalue weighted by atomic mass is 19.1. The van der Waals surface area contributed by atoms with E-state index < -0.39 is 24.0 Å². The van der Waals surface area contributed by atoms with E-state index in [4.69, 9.17) is 14.9 Å². The smallest absolute Gasteiger partial charge is 0.353 e. The molecule has 0 bridgehead atoms. The molecule has 5 nitrogen and oxygen atoms in total. The Hall–Kier alpha value is -1.17. The van der Waals surface area contributed by atoms with Crippen molar-refractivity contribution in [1.29, 1.82) is 0 Å². The Balaban J connectivity index is 2.65. The van der Waals surface area contributed by atoms with Crippen molar-refractivity contribution in [3.8, 4) is 0 Å². The van der Waals surface area contributed by atoms with Crippen molar-refractivity contribution in [2.45, 2.75) is 24.9 Å². The van der Waals surface area contributed by atoms with Crippen LogP contribution in [0.25, 0.3) is 0 Å². The monoisotopic (exact) mass is 220 g/mol. The molecule has 2 N–H and O–H groups in total. The van der Waals surface area contributed by atoms with Crippen molar-refractivity contribution in [2.75, 3.05) is 13.2 Å². The molecule has 1 aliphatic rings. The molecule has 0 radical (unpaired) electrons. The lowest BCUT2D eigenvalue weighted by Crippen LogP contribution is -2.44. The molecule has 1 heterocycles. The van der Waals surface area contributed by atoms with Crippen LogP contribution >= 0.6 is 0 Å². The molecule has 1 fully saturated rings. The Morgan fingerprint density at radius 1 is 1.40 bits per heavy atom. The maximum absolute atomic E-state index is 13.6. The van der Waals surface area contributed by atoms with Crippen LogP contribution < -0.4 is 0 Å². The van der Waals surface area contributed by atoms with Gasteiger partial charge in [0, 0.05) is 19.6 Å². The van der Waals surface area contributed by atoms with Gasteiger partial charge in [-0.1, -0.05) is 0 Å². The number of carboxylic acid groups (broad SMARTS) is 2. The zero-order chi connectivity index (χ0) is 11.5. The van der Waals surface area contributed by atoms with Crippen molar-refractivity contribution >= 4 is 11.9 Å². The van der Waals surface area contributed by atoms with Gasteiger partial charge in [-0.15, -0.1) is 0 Å². The van der Waals surface area contributed by atoms with Gasteiger partial charge in [0.1, 0.15) is 0 Å². The quantitative estimate of drug-likeness (QED) is 0.680. The van der Waals surface area contributed by atoms with Gasteiger partial charge in [0.2, 0.25) is 0 Å². The fourth-order valence-corrected chi connectivity index (χ4v) is 1.63. The fraction of sp³-hybridized carbons (Fsp3) is 0.778. The topological polar surface area (TPSA) is 83.8 Å². The summed E-state index contributed by atoms with van der Waals surface area (Å²) in [6.07, 6.45) is 0.782. The van der Waals surface area contributed by atoms with E-state index in [1.165, 1.54) is 0 Å². The summed E-state index contributed by atoms with van der Waals surface area (Å²) < 4.78 is 18.6. The van der Waals surface area contributed by atoms with Gasteiger partial charge in [-0.05, 0) is 18.8 Å². The van der Waals surface area contributed by atoms with E-state index in [0.717, 1.165) is 0 Å². The molecule has 15 heavy (non-hydrogen) atoms. The first kappa shape index (κ1) is 11.9. The molecular formula is C9H13FO5. The Morgan fingerprint density at radius 3 is 2.40 bits per heavy atom. The summed E-state index contributed by atoms with van der Waals surface area (Å²) in [6.45, 7) is 0.794. The minimum absolute atomic E-state index is 0.228. The van der Waals surface area contributed by atoms with Gasteiger partial charge in [0.25, 0.3) is 0 Å². The summed E-state index contributed by atoms with van der Waals surface area (Å²) in [5, 5.41) is 17.1. The normalized spacial score (nSPS) is 22.3. The molecule has 0 unspecified atom stereocenters. The largest absolute Gasteiger partial charge is 0.478 e. The number of alkyl halides is 1.